The maximum atomic E-state index is 11.7. The number of hydrogen-bond donors (Lipinski definition) is 2. The van der Waals surface area contributed by atoms with E-state index in [1.807, 2.05) is 0 Å². The van der Waals surface area contributed by atoms with Gasteiger partial charge in [0.2, 0.25) is 0 Å². The summed E-state index contributed by atoms with van der Waals surface area (Å²) in [6.07, 6.45) is -0.584. The molecule has 122 valence electrons. The Kier molecular flexibility index (Phi) is 6.20. The van der Waals surface area contributed by atoms with Crippen LogP contribution in [0.4, 0.5) is 10.5 Å². The van der Waals surface area contributed by atoms with Crippen molar-refractivity contribution in [2.45, 2.75) is 32.3 Å². The van der Waals surface area contributed by atoms with Gasteiger partial charge in [-0.3, -0.25) is 10.1 Å². The van der Waals surface area contributed by atoms with E-state index in [1.165, 1.54) is 13.2 Å². The van der Waals surface area contributed by atoms with Gasteiger partial charge in [-0.05, 0) is 38.5 Å². The van der Waals surface area contributed by atoms with Crippen LogP contribution < -0.4 is 11.1 Å². The van der Waals surface area contributed by atoms with Gasteiger partial charge in [0.15, 0.2) is 0 Å². The Balaban J connectivity index is 2.90. The number of halogens is 1. The van der Waals surface area contributed by atoms with Gasteiger partial charge in [0.25, 0.3) is 0 Å². The van der Waals surface area contributed by atoms with Gasteiger partial charge >= 0.3 is 12.1 Å². The highest BCUT2D eigenvalue weighted by Gasteiger charge is 2.23. The molecule has 1 amide bonds. The standard InChI is InChI=1S/C15H21ClN2O4/c1-15(2,3)22-14(20)18-9-5-6-10(12(16)7-9)11(8-17)13(19)21-4/h5-7,11H,8,17H2,1-4H3,(H,18,20). The maximum Gasteiger partial charge on any atom is 0.412 e. The molecule has 3 N–H and O–H groups in total. The minimum Gasteiger partial charge on any atom is -0.469 e. The molecule has 0 saturated heterocycles. The Morgan fingerprint density at radius 2 is 2.00 bits per heavy atom. The number of benzene rings is 1. The second kappa shape index (κ2) is 7.47. The van der Waals surface area contributed by atoms with E-state index in [2.05, 4.69) is 5.32 Å². The van der Waals surface area contributed by atoms with Crippen LogP contribution in [0.2, 0.25) is 5.02 Å². The second-order valence-electron chi connectivity index (χ2n) is 5.67. The normalized spacial score (nSPS) is 12.5. The first-order valence-electron chi connectivity index (χ1n) is 6.75. The molecule has 1 aromatic rings. The van der Waals surface area contributed by atoms with Crippen molar-refractivity contribution in [3.05, 3.63) is 28.8 Å². The van der Waals surface area contributed by atoms with Crippen molar-refractivity contribution in [1.29, 1.82) is 0 Å². The Bertz CT molecular complexity index is 555. The van der Waals surface area contributed by atoms with E-state index in [9.17, 15) is 9.59 Å². The molecule has 0 fully saturated rings. The predicted octanol–water partition coefficient (Wildman–Crippen LogP) is 2.90. The van der Waals surface area contributed by atoms with Crippen LogP contribution in [0.15, 0.2) is 18.2 Å². The van der Waals surface area contributed by atoms with Crippen LogP contribution in [0.3, 0.4) is 0 Å². The van der Waals surface area contributed by atoms with E-state index in [-0.39, 0.29) is 6.54 Å². The Labute approximate surface area is 134 Å². The molecule has 22 heavy (non-hydrogen) atoms. The molecule has 6 nitrogen and oxygen atoms in total. The fourth-order valence-corrected chi connectivity index (χ4v) is 2.11. The summed E-state index contributed by atoms with van der Waals surface area (Å²) < 4.78 is 9.84. The highest BCUT2D eigenvalue weighted by atomic mass is 35.5. The average Bonchev–Trinajstić information content (AvgIpc) is 2.39. The number of methoxy groups -OCH3 is 1. The van der Waals surface area contributed by atoms with Gasteiger partial charge in [0.1, 0.15) is 5.60 Å². The first-order chi connectivity index (χ1) is 10.2. The second-order valence-corrected chi connectivity index (χ2v) is 6.08. The Hall–Kier alpha value is -1.79. The molecule has 1 rings (SSSR count). The number of carbonyl (C=O) groups is 2. The van der Waals surface area contributed by atoms with Gasteiger partial charge in [0, 0.05) is 17.3 Å². The molecule has 1 unspecified atom stereocenters. The lowest BCUT2D eigenvalue weighted by molar-refractivity contribution is -0.142. The van der Waals surface area contributed by atoms with Gasteiger partial charge in [-0.25, -0.2) is 4.79 Å². The van der Waals surface area contributed by atoms with Crippen LogP contribution in [0.25, 0.3) is 0 Å². The number of nitrogens with two attached hydrogens (primary N) is 1. The van der Waals surface area contributed by atoms with Crippen molar-refractivity contribution in [1.82, 2.24) is 0 Å². The summed E-state index contributed by atoms with van der Waals surface area (Å²) >= 11 is 6.17. The molecule has 0 aromatic heterocycles. The van der Waals surface area contributed by atoms with E-state index in [4.69, 9.17) is 26.8 Å². The number of nitrogens with one attached hydrogen (secondary N) is 1. The first-order valence-corrected chi connectivity index (χ1v) is 7.13. The summed E-state index contributed by atoms with van der Waals surface area (Å²) in [5.41, 5.74) is 6.00. The smallest absolute Gasteiger partial charge is 0.412 e. The predicted molar refractivity (Wildman–Crippen MR) is 85.1 cm³/mol. The topological polar surface area (TPSA) is 90.6 Å². The SMILES string of the molecule is COC(=O)C(CN)c1ccc(NC(=O)OC(C)(C)C)cc1Cl. The number of esters is 1. The van der Waals surface area contributed by atoms with Crippen molar-refractivity contribution in [2.24, 2.45) is 5.73 Å². The van der Waals surface area contributed by atoms with Gasteiger partial charge in [-0.1, -0.05) is 17.7 Å². The first kappa shape index (κ1) is 18.3. The summed E-state index contributed by atoms with van der Waals surface area (Å²) in [7, 11) is 1.29. The molecular formula is C15H21ClN2O4. The molecule has 0 spiro atoms. The molecule has 0 saturated carbocycles. The van der Waals surface area contributed by atoms with Gasteiger partial charge < -0.3 is 15.2 Å². The number of carbonyl (C=O) groups excluding carboxylic acids is 2. The summed E-state index contributed by atoms with van der Waals surface area (Å²) in [5.74, 6) is -1.11. The zero-order valence-electron chi connectivity index (χ0n) is 13.1. The molecule has 1 atom stereocenters. The lowest BCUT2D eigenvalue weighted by atomic mass is 9.99. The van der Waals surface area contributed by atoms with Crippen LogP contribution in [-0.2, 0) is 14.3 Å². The van der Waals surface area contributed by atoms with Crippen LogP contribution in [-0.4, -0.2) is 31.3 Å². The summed E-state index contributed by atoms with van der Waals surface area (Å²) in [4.78, 5) is 23.4. The van der Waals surface area contributed by atoms with Crippen molar-refractivity contribution in [3.63, 3.8) is 0 Å². The molecule has 0 bridgehead atoms. The van der Waals surface area contributed by atoms with Gasteiger partial charge in [0.05, 0.1) is 13.0 Å². The van der Waals surface area contributed by atoms with Crippen molar-refractivity contribution < 1.29 is 19.1 Å². The van der Waals surface area contributed by atoms with Crippen molar-refractivity contribution >= 4 is 29.4 Å². The zero-order chi connectivity index (χ0) is 16.9. The third kappa shape index (κ3) is 5.20. The van der Waals surface area contributed by atoms with Crippen molar-refractivity contribution in [3.8, 4) is 0 Å². The molecule has 0 aliphatic carbocycles. The number of ether oxygens (including phenoxy) is 2. The quantitative estimate of drug-likeness (QED) is 0.829. The number of amides is 1. The van der Waals surface area contributed by atoms with Crippen molar-refractivity contribution in [2.75, 3.05) is 19.0 Å². The third-order valence-corrected chi connectivity index (χ3v) is 3.07. The maximum absolute atomic E-state index is 11.7. The van der Waals surface area contributed by atoms with Crippen LogP contribution in [0.5, 0.6) is 0 Å². The highest BCUT2D eigenvalue weighted by molar-refractivity contribution is 6.32. The summed E-state index contributed by atoms with van der Waals surface area (Å²) in [6.45, 7) is 5.38. The third-order valence-electron chi connectivity index (χ3n) is 2.74. The van der Waals surface area contributed by atoms with Crippen LogP contribution in [0.1, 0.15) is 32.3 Å². The molecule has 0 heterocycles. The molecule has 0 radical (unpaired) electrons. The monoisotopic (exact) mass is 328 g/mol. The molecule has 0 aliphatic rings. The Morgan fingerprint density at radius 3 is 2.45 bits per heavy atom. The number of anilines is 1. The minimum atomic E-state index is -0.645. The van der Waals surface area contributed by atoms with E-state index < -0.39 is 23.6 Å². The Morgan fingerprint density at radius 1 is 1.36 bits per heavy atom. The summed E-state index contributed by atoms with van der Waals surface area (Å²) in [6, 6.07) is 4.78. The van der Waals surface area contributed by atoms with Crippen LogP contribution >= 0.6 is 11.6 Å². The minimum absolute atomic E-state index is 0.0746. The number of hydrogen-bond acceptors (Lipinski definition) is 5. The van der Waals surface area contributed by atoms with E-state index in [0.29, 0.717) is 16.3 Å². The molecule has 7 heteroatoms. The molecule has 1 aromatic carbocycles. The van der Waals surface area contributed by atoms with E-state index in [0.717, 1.165) is 0 Å². The largest absolute Gasteiger partial charge is 0.469 e. The molecular weight excluding hydrogens is 308 g/mol. The van der Waals surface area contributed by atoms with E-state index in [1.54, 1.807) is 32.9 Å². The lowest BCUT2D eigenvalue weighted by Gasteiger charge is -2.20. The van der Waals surface area contributed by atoms with E-state index >= 15 is 0 Å². The fraction of sp³-hybridized carbons (Fsp3) is 0.467. The zero-order valence-corrected chi connectivity index (χ0v) is 13.9. The summed E-state index contributed by atoms with van der Waals surface area (Å²) in [5, 5.41) is 2.89. The van der Waals surface area contributed by atoms with Crippen LogP contribution in [0, 0.1) is 0 Å². The molecule has 0 aliphatic heterocycles. The van der Waals surface area contributed by atoms with Gasteiger partial charge in [-0.15, -0.1) is 0 Å². The highest BCUT2D eigenvalue weighted by Crippen LogP contribution is 2.28. The lowest BCUT2D eigenvalue weighted by Crippen LogP contribution is -2.27. The fourth-order valence-electron chi connectivity index (χ4n) is 1.80. The average molecular weight is 329 g/mol. The number of rotatable bonds is 4. The van der Waals surface area contributed by atoms with Gasteiger partial charge in [-0.2, -0.15) is 0 Å².